The van der Waals surface area contributed by atoms with Gasteiger partial charge in [0.05, 0.1) is 17.9 Å². The van der Waals surface area contributed by atoms with Gasteiger partial charge in [-0.2, -0.15) is 0 Å². The molecular weight excluding hydrogens is 456 g/mol. The fourth-order valence-corrected chi connectivity index (χ4v) is 6.04. The Balaban J connectivity index is 1.42. The summed E-state index contributed by atoms with van der Waals surface area (Å²) in [5, 5.41) is 6.52. The summed E-state index contributed by atoms with van der Waals surface area (Å²) in [5.41, 5.74) is 2.35. The second kappa shape index (κ2) is 11.2. The Kier molecular flexibility index (Phi) is 8.09. The standard InChI is InChI=1S/C25H30N2O4S2/c1-2-31-25(30)22-19-10-5-3-4-6-11-20(19)33-24(22)27-21(28)15-32-18-9-7-8-17(14-18)26-23(29)16-12-13-16/h7-9,14,16H,2-6,10-13,15H2,1H3,(H,26,29)(H,27,28). The summed E-state index contributed by atoms with van der Waals surface area (Å²) in [6, 6.07) is 7.54. The van der Waals surface area contributed by atoms with E-state index >= 15 is 0 Å². The second-order valence-corrected chi connectivity index (χ2v) is 10.6. The van der Waals surface area contributed by atoms with E-state index in [9.17, 15) is 14.4 Å². The minimum absolute atomic E-state index is 0.0645. The molecule has 1 fully saturated rings. The molecule has 8 heteroatoms. The van der Waals surface area contributed by atoms with Crippen LogP contribution in [-0.4, -0.2) is 30.1 Å². The third kappa shape index (κ3) is 6.38. The summed E-state index contributed by atoms with van der Waals surface area (Å²) in [6.45, 7) is 2.10. The number of hydrogen-bond donors (Lipinski definition) is 2. The van der Waals surface area contributed by atoms with Gasteiger partial charge < -0.3 is 15.4 Å². The summed E-state index contributed by atoms with van der Waals surface area (Å²) in [5.74, 6) is -0.0874. The van der Waals surface area contributed by atoms with Gasteiger partial charge in [-0.3, -0.25) is 9.59 Å². The summed E-state index contributed by atoms with van der Waals surface area (Å²) in [6.07, 6.45) is 8.22. The van der Waals surface area contributed by atoms with Gasteiger partial charge in [-0.25, -0.2) is 4.79 Å². The predicted octanol–water partition coefficient (Wildman–Crippen LogP) is 5.66. The monoisotopic (exact) mass is 486 g/mol. The van der Waals surface area contributed by atoms with Gasteiger partial charge in [0.15, 0.2) is 0 Å². The third-order valence-electron chi connectivity index (χ3n) is 5.82. The number of esters is 1. The van der Waals surface area contributed by atoms with Crippen LogP contribution in [0.4, 0.5) is 10.7 Å². The maximum absolute atomic E-state index is 12.8. The number of nitrogens with one attached hydrogen (secondary N) is 2. The number of hydrogen-bond acceptors (Lipinski definition) is 6. The van der Waals surface area contributed by atoms with Gasteiger partial charge in [0.2, 0.25) is 11.8 Å². The molecule has 2 aliphatic rings. The highest BCUT2D eigenvalue weighted by molar-refractivity contribution is 8.00. The number of thiophene rings is 1. The lowest BCUT2D eigenvalue weighted by molar-refractivity contribution is -0.117. The van der Waals surface area contributed by atoms with Crippen LogP contribution in [0, 0.1) is 5.92 Å². The van der Waals surface area contributed by atoms with Crippen molar-refractivity contribution in [3.8, 4) is 0 Å². The van der Waals surface area contributed by atoms with E-state index in [4.69, 9.17) is 4.74 Å². The van der Waals surface area contributed by atoms with Crippen LogP contribution in [-0.2, 0) is 27.2 Å². The third-order valence-corrected chi connectivity index (χ3v) is 8.02. The fraction of sp³-hybridized carbons (Fsp3) is 0.480. The Morgan fingerprint density at radius 3 is 2.64 bits per heavy atom. The largest absolute Gasteiger partial charge is 0.462 e. The second-order valence-electron chi connectivity index (χ2n) is 8.47. The van der Waals surface area contributed by atoms with Crippen molar-refractivity contribution in [1.82, 2.24) is 0 Å². The molecule has 6 nitrogen and oxygen atoms in total. The SMILES string of the molecule is CCOC(=O)c1c(NC(=O)CSc2cccc(NC(=O)C3CC3)c2)sc2c1CCCCCC2. The van der Waals surface area contributed by atoms with Crippen LogP contribution in [0.5, 0.6) is 0 Å². The van der Waals surface area contributed by atoms with Crippen molar-refractivity contribution in [2.75, 3.05) is 23.0 Å². The number of anilines is 2. The van der Waals surface area contributed by atoms with E-state index in [-0.39, 0.29) is 29.5 Å². The number of rotatable bonds is 8. The van der Waals surface area contributed by atoms with Crippen molar-refractivity contribution < 1.29 is 19.1 Å². The molecule has 0 spiro atoms. The van der Waals surface area contributed by atoms with Crippen LogP contribution in [0.3, 0.4) is 0 Å². The Labute approximate surface area is 202 Å². The summed E-state index contributed by atoms with van der Waals surface area (Å²) < 4.78 is 5.32. The lowest BCUT2D eigenvalue weighted by Gasteiger charge is -2.11. The first-order valence-corrected chi connectivity index (χ1v) is 13.5. The zero-order chi connectivity index (χ0) is 23.2. The Morgan fingerprint density at radius 1 is 1.09 bits per heavy atom. The first-order valence-electron chi connectivity index (χ1n) is 11.7. The van der Waals surface area contributed by atoms with E-state index < -0.39 is 0 Å². The number of fused-ring (bicyclic) bond motifs is 1. The van der Waals surface area contributed by atoms with Gasteiger partial charge in [0, 0.05) is 21.4 Å². The average molecular weight is 487 g/mol. The van der Waals surface area contributed by atoms with Crippen molar-refractivity contribution in [1.29, 1.82) is 0 Å². The number of carbonyl (C=O) groups excluding carboxylic acids is 3. The first-order chi connectivity index (χ1) is 16.0. The molecule has 0 radical (unpaired) electrons. The minimum atomic E-state index is -0.349. The Hall–Kier alpha value is -2.32. The van der Waals surface area contributed by atoms with Gasteiger partial charge in [-0.15, -0.1) is 23.1 Å². The van der Waals surface area contributed by atoms with Gasteiger partial charge >= 0.3 is 5.97 Å². The van der Waals surface area contributed by atoms with Crippen LogP contribution in [0.1, 0.15) is 66.2 Å². The summed E-state index contributed by atoms with van der Waals surface area (Å²) in [7, 11) is 0. The van der Waals surface area contributed by atoms with Gasteiger partial charge in [0.25, 0.3) is 0 Å². The van der Waals surface area contributed by atoms with Crippen LogP contribution in [0.2, 0.25) is 0 Å². The highest BCUT2D eigenvalue weighted by atomic mass is 32.2. The number of ether oxygens (including phenoxy) is 1. The molecule has 1 heterocycles. The molecule has 2 N–H and O–H groups in total. The predicted molar refractivity (Wildman–Crippen MR) is 133 cm³/mol. The number of amides is 2. The zero-order valence-electron chi connectivity index (χ0n) is 18.9. The van der Waals surface area contributed by atoms with Crippen molar-refractivity contribution in [3.05, 3.63) is 40.3 Å². The van der Waals surface area contributed by atoms with E-state index in [0.717, 1.165) is 61.1 Å². The summed E-state index contributed by atoms with van der Waals surface area (Å²) >= 11 is 2.92. The lowest BCUT2D eigenvalue weighted by atomic mass is 9.96. The molecular formula is C25H30N2O4S2. The van der Waals surface area contributed by atoms with Crippen LogP contribution < -0.4 is 10.6 Å². The molecule has 1 saturated carbocycles. The molecule has 1 aromatic heterocycles. The molecule has 0 atom stereocenters. The van der Waals surface area contributed by atoms with E-state index in [1.165, 1.54) is 34.4 Å². The molecule has 1 aromatic carbocycles. The number of aryl methyl sites for hydroxylation is 1. The van der Waals surface area contributed by atoms with Crippen LogP contribution in [0.25, 0.3) is 0 Å². The van der Waals surface area contributed by atoms with E-state index in [1.54, 1.807) is 6.92 Å². The smallest absolute Gasteiger partial charge is 0.341 e. The van der Waals surface area contributed by atoms with Crippen molar-refractivity contribution in [2.24, 2.45) is 5.92 Å². The topological polar surface area (TPSA) is 84.5 Å². The lowest BCUT2D eigenvalue weighted by Crippen LogP contribution is -2.17. The molecule has 2 aromatic rings. The van der Waals surface area contributed by atoms with Crippen molar-refractivity contribution in [2.45, 2.75) is 63.2 Å². The van der Waals surface area contributed by atoms with E-state index in [2.05, 4.69) is 10.6 Å². The van der Waals surface area contributed by atoms with Gasteiger partial charge in [-0.05, 0) is 69.2 Å². The molecule has 2 aliphatic carbocycles. The molecule has 0 bridgehead atoms. The average Bonchev–Trinajstić information content (AvgIpc) is 3.57. The fourth-order valence-electron chi connectivity index (χ4n) is 3.99. The number of carbonyl (C=O) groups is 3. The molecule has 176 valence electrons. The van der Waals surface area contributed by atoms with Gasteiger partial charge in [0.1, 0.15) is 5.00 Å². The number of thioether (sulfide) groups is 1. The Morgan fingerprint density at radius 2 is 1.88 bits per heavy atom. The highest BCUT2D eigenvalue weighted by Crippen LogP contribution is 2.38. The molecule has 33 heavy (non-hydrogen) atoms. The minimum Gasteiger partial charge on any atom is -0.462 e. The molecule has 4 rings (SSSR count). The van der Waals surface area contributed by atoms with E-state index in [0.29, 0.717) is 17.2 Å². The maximum Gasteiger partial charge on any atom is 0.341 e. The van der Waals surface area contributed by atoms with E-state index in [1.807, 2.05) is 24.3 Å². The summed E-state index contributed by atoms with van der Waals surface area (Å²) in [4.78, 5) is 39.6. The highest BCUT2D eigenvalue weighted by Gasteiger charge is 2.29. The Bertz CT molecular complexity index is 1030. The van der Waals surface area contributed by atoms with Crippen molar-refractivity contribution >= 4 is 51.6 Å². The van der Waals surface area contributed by atoms with Crippen LogP contribution >= 0.6 is 23.1 Å². The first kappa shape index (κ1) is 23.8. The molecule has 0 saturated heterocycles. The molecule has 0 aliphatic heterocycles. The molecule has 2 amide bonds. The molecule has 0 unspecified atom stereocenters. The van der Waals surface area contributed by atoms with Gasteiger partial charge in [-0.1, -0.05) is 18.9 Å². The maximum atomic E-state index is 12.8. The van der Waals surface area contributed by atoms with Crippen molar-refractivity contribution in [3.63, 3.8) is 0 Å². The zero-order valence-corrected chi connectivity index (χ0v) is 20.5. The van der Waals surface area contributed by atoms with Crippen LogP contribution in [0.15, 0.2) is 29.2 Å². The normalized spacial score (nSPS) is 15.7. The quantitative estimate of drug-likeness (QED) is 0.371. The number of benzene rings is 1.